The van der Waals surface area contributed by atoms with Gasteiger partial charge < -0.3 is 4.90 Å². The summed E-state index contributed by atoms with van der Waals surface area (Å²) >= 11 is 11.9. The van der Waals surface area contributed by atoms with E-state index in [1.807, 2.05) is 0 Å². The number of hydrogen-bond donors (Lipinski definition) is 0. The van der Waals surface area contributed by atoms with Gasteiger partial charge in [-0.2, -0.15) is 8.42 Å². The first kappa shape index (κ1) is 14.6. The predicted molar refractivity (Wildman–Crippen MR) is 71.8 cm³/mol. The van der Waals surface area contributed by atoms with Crippen LogP contribution in [0.15, 0.2) is 18.2 Å². The Kier molecular flexibility index (Phi) is 4.03. The van der Waals surface area contributed by atoms with E-state index in [0.717, 1.165) is 0 Å². The monoisotopic (exact) mass is 325 g/mol. The lowest BCUT2D eigenvalue weighted by Gasteiger charge is -2.18. The molecule has 0 bridgehead atoms. The molecule has 1 aromatic carbocycles. The molecular formula is C11H10Cl2FNO3S. The van der Waals surface area contributed by atoms with E-state index in [9.17, 15) is 17.1 Å². The molecule has 104 valence electrons. The average molecular weight is 326 g/mol. The molecule has 1 atom stereocenters. The van der Waals surface area contributed by atoms with Crippen LogP contribution in [0.4, 0.5) is 9.57 Å². The number of amides is 1. The zero-order valence-corrected chi connectivity index (χ0v) is 12.0. The highest BCUT2D eigenvalue weighted by Crippen LogP contribution is 2.35. The lowest BCUT2D eigenvalue weighted by Crippen LogP contribution is -2.25. The second-order valence-electron chi connectivity index (χ2n) is 4.35. The summed E-state index contributed by atoms with van der Waals surface area (Å²) < 4.78 is 33.9. The van der Waals surface area contributed by atoms with E-state index in [1.54, 1.807) is 18.2 Å². The maximum atomic E-state index is 12.6. The molecule has 0 saturated carbocycles. The molecule has 1 aromatic rings. The summed E-state index contributed by atoms with van der Waals surface area (Å²) in [4.78, 5) is 13.2. The van der Waals surface area contributed by atoms with E-state index in [1.165, 1.54) is 4.90 Å². The number of benzene rings is 1. The fraction of sp³-hybridized carbons (Fsp3) is 0.364. The molecule has 0 N–H and O–H groups in total. The van der Waals surface area contributed by atoms with Gasteiger partial charge in [0.2, 0.25) is 5.91 Å². The second-order valence-corrected chi connectivity index (χ2v) is 6.55. The summed E-state index contributed by atoms with van der Waals surface area (Å²) in [6.45, 7) is 0.113. The highest BCUT2D eigenvalue weighted by molar-refractivity contribution is 7.86. The molecule has 4 nitrogen and oxygen atoms in total. The summed E-state index contributed by atoms with van der Waals surface area (Å²) in [5.74, 6) is -1.52. The van der Waals surface area contributed by atoms with Crippen LogP contribution in [0.3, 0.4) is 0 Å². The molecular weight excluding hydrogens is 316 g/mol. The molecule has 1 amide bonds. The minimum Gasteiger partial charge on any atom is -0.311 e. The van der Waals surface area contributed by atoms with Crippen LogP contribution < -0.4 is 4.90 Å². The summed E-state index contributed by atoms with van der Waals surface area (Å²) in [6, 6.07) is 4.83. The molecule has 0 aliphatic carbocycles. The number of carbonyl (C=O) groups excluding carboxylic acids is 1. The van der Waals surface area contributed by atoms with Crippen molar-refractivity contribution in [3.63, 3.8) is 0 Å². The molecule has 0 aromatic heterocycles. The Balaban J connectivity index is 2.23. The molecule has 1 unspecified atom stereocenters. The molecule has 0 radical (unpaired) electrons. The quantitative estimate of drug-likeness (QED) is 0.803. The van der Waals surface area contributed by atoms with E-state index in [2.05, 4.69) is 0 Å². The van der Waals surface area contributed by atoms with Gasteiger partial charge in [-0.25, -0.2) is 0 Å². The van der Waals surface area contributed by atoms with Gasteiger partial charge in [-0.05, 0) is 12.1 Å². The lowest BCUT2D eigenvalue weighted by molar-refractivity contribution is -0.117. The molecule has 1 aliphatic rings. The number of nitrogens with zero attached hydrogens (tertiary/aromatic N) is 1. The van der Waals surface area contributed by atoms with Crippen molar-refractivity contribution in [1.29, 1.82) is 0 Å². The van der Waals surface area contributed by atoms with Crippen LogP contribution in [0.25, 0.3) is 0 Å². The smallest absolute Gasteiger partial charge is 0.302 e. The van der Waals surface area contributed by atoms with Crippen molar-refractivity contribution in [3.8, 4) is 0 Å². The third-order valence-corrected chi connectivity index (χ3v) is 4.54. The van der Waals surface area contributed by atoms with Crippen LogP contribution in [-0.4, -0.2) is 26.6 Å². The maximum absolute atomic E-state index is 12.6. The maximum Gasteiger partial charge on any atom is 0.302 e. The Morgan fingerprint density at radius 3 is 2.68 bits per heavy atom. The van der Waals surface area contributed by atoms with Crippen molar-refractivity contribution in [3.05, 3.63) is 28.2 Å². The van der Waals surface area contributed by atoms with Crippen LogP contribution >= 0.6 is 23.2 Å². The third kappa shape index (κ3) is 3.38. The predicted octanol–water partition coefficient (Wildman–Crippen LogP) is 2.65. The van der Waals surface area contributed by atoms with Gasteiger partial charge in [0.15, 0.2) is 0 Å². The van der Waals surface area contributed by atoms with Gasteiger partial charge in [-0.1, -0.05) is 29.3 Å². The largest absolute Gasteiger partial charge is 0.311 e. The van der Waals surface area contributed by atoms with Crippen molar-refractivity contribution >= 4 is 45.0 Å². The zero-order chi connectivity index (χ0) is 14.2. The molecule has 1 aliphatic heterocycles. The Morgan fingerprint density at radius 2 is 2.05 bits per heavy atom. The van der Waals surface area contributed by atoms with Crippen LogP contribution in [0.5, 0.6) is 0 Å². The number of halogens is 3. The highest BCUT2D eigenvalue weighted by Gasteiger charge is 2.34. The SMILES string of the molecule is O=C1CC(CS(=O)(=O)F)CN1c1cccc(Cl)c1Cl. The second kappa shape index (κ2) is 5.26. The molecule has 8 heteroatoms. The van der Waals surface area contributed by atoms with Crippen LogP contribution in [0.1, 0.15) is 6.42 Å². The van der Waals surface area contributed by atoms with Crippen molar-refractivity contribution in [1.82, 2.24) is 0 Å². The molecule has 19 heavy (non-hydrogen) atoms. The van der Waals surface area contributed by atoms with E-state index in [0.29, 0.717) is 10.7 Å². The van der Waals surface area contributed by atoms with Crippen molar-refractivity contribution < 1.29 is 17.1 Å². The van der Waals surface area contributed by atoms with Gasteiger partial charge in [0, 0.05) is 18.9 Å². The van der Waals surface area contributed by atoms with Crippen LogP contribution in [-0.2, 0) is 15.0 Å². The molecule has 1 fully saturated rings. The average Bonchev–Trinajstić information content (AvgIpc) is 2.61. The Hall–Kier alpha value is -0.850. The number of rotatable bonds is 3. The molecule has 1 saturated heterocycles. The minimum atomic E-state index is -4.59. The third-order valence-electron chi connectivity index (χ3n) is 2.86. The summed E-state index contributed by atoms with van der Waals surface area (Å²) in [7, 11) is -4.59. The Labute approximate surface area is 120 Å². The van der Waals surface area contributed by atoms with Crippen molar-refractivity contribution in [2.24, 2.45) is 5.92 Å². The van der Waals surface area contributed by atoms with E-state index < -0.39 is 21.9 Å². The van der Waals surface area contributed by atoms with Gasteiger partial charge in [0.1, 0.15) is 0 Å². The van der Waals surface area contributed by atoms with Gasteiger partial charge >= 0.3 is 10.2 Å². The molecule has 2 rings (SSSR count). The van der Waals surface area contributed by atoms with E-state index in [4.69, 9.17) is 23.2 Å². The van der Waals surface area contributed by atoms with E-state index >= 15 is 0 Å². The first-order valence-corrected chi connectivity index (χ1v) is 7.75. The van der Waals surface area contributed by atoms with Gasteiger partial charge in [-0.3, -0.25) is 4.79 Å². The number of carbonyl (C=O) groups is 1. The van der Waals surface area contributed by atoms with Crippen molar-refractivity contribution in [2.75, 3.05) is 17.2 Å². The van der Waals surface area contributed by atoms with E-state index in [-0.39, 0.29) is 23.9 Å². The van der Waals surface area contributed by atoms with Crippen molar-refractivity contribution in [2.45, 2.75) is 6.42 Å². The highest BCUT2D eigenvalue weighted by atomic mass is 35.5. The fourth-order valence-corrected chi connectivity index (χ4v) is 3.29. The Bertz CT molecular complexity index is 620. The summed E-state index contributed by atoms with van der Waals surface area (Å²) in [5.41, 5.74) is 0.415. The summed E-state index contributed by atoms with van der Waals surface area (Å²) in [5, 5.41) is 0.523. The summed E-state index contributed by atoms with van der Waals surface area (Å²) in [6.07, 6.45) is -0.0218. The first-order valence-electron chi connectivity index (χ1n) is 5.44. The fourth-order valence-electron chi connectivity index (χ4n) is 2.11. The minimum absolute atomic E-state index is 0.0218. The van der Waals surface area contributed by atoms with Crippen LogP contribution in [0.2, 0.25) is 10.0 Å². The van der Waals surface area contributed by atoms with Gasteiger partial charge in [-0.15, -0.1) is 3.89 Å². The lowest BCUT2D eigenvalue weighted by atomic mass is 10.1. The van der Waals surface area contributed by atoms with Gasteiger partial charge in [0.25, 0.3) is 0 Å². The van der Waals surface area contributed by atoms with Crippen LogP contribution in [0, 0.1) is 5.92 Å². The molecule has 0 spiro atoms. The topological polar surface area (TPSA) is 54.5 Å². The normalized spacial score (nSPS) is 20.1. The first-order chi connectivity index (χ1) is 8.78. The van der Waals surface area contributed by atoms with Gasteiger partial charge in [0.05, 0.1) is 21.5 Å². The number of hydrogen-bond acceptors (Lipinski definition) is 3. The standard InChI is InChI=1S/C11H10Cl2FNO3S/c12-8-2-1-3-9(11(8)13)15-5-7(4-10(15)16)6-19(14,17)18/h1-3,7H,4-6H2. The zero-order valence-electron chi connectivity index (χ0n) is 9.64. The Morgan fingerprint density at radius 1 is 1.37 bits per heavy atom. The molecule has 1 heterocycles. The number of anilines is 1.